The highest BCUT2D eigenvalue weighted by atomic mass is 16.5. The summed E-state index contributed by atoms with van der Waals surface area (Å²) in [5.41, 5.74) is 0. The van der Waals surface area contributed by atoms with Gasteiger partial charge < -0.3 is 9.47 Å². The van der Waals surface area contributed by atoms with E-state index in [9.17, 15) is 0 Å². The Morgan fingerprint density at radius 1 is 0.909 bits per heavy atom. The summed E-state index contributed by atoms with van der Waals surface area (Å²) in [6, 6.07) is 0. The van der Waals surface area contributed by atoms with Gasteiger partial charge in [0.2, 0.25) is 0 Å². The zero-order chi connectivity index (χ0) is 7.84. The zero-order valence-corrected chi connectivity index (χ0v) is 7.25. The second-order valence-corrected chi connectivity index (χ2v) is 3.73. The standard InChI is InChI=1S/C9H16O2/c1-10-8-6-3-4-7(5-6)9(8)11-2/h6-9H,3-5H2,1-2H3. The summed E-state index contributed by atoms with van der Waals surface area (Å²) in [4.78, 5) is 0. The molecule has 2 bridgehead atoms. The maximum Gasteiger partial charge on any atom is 0.0863 e. The van der Waals surface area contributed by atoms with Crippen LogP contribution >= 0.6 is 0 Å². The molecule has 2 fully saturated rings. The second kappa shape index (κ2) is 2.76. The van der Waals surface area contributed by atoms with E-state index in [4.69, 9.17) is 9.47 Å². The molecule has 4 atom stereocenters. The number of rotatable bonds is 2. The topological polar surface area (TPSA) is 18.5 Å². The minimum atomic E-state index is 0.388. The van der Waals surface area contributed by atoms with Gasteiger partial charge in [0.1, 0.15) is 0 Å². The van der Waals surface area contributed by atoms with Crippen LogP contribution in [0, 0.1) is 11.8 Å². The van der Waals surface area contributed by atoms with E-state index in [2.05, 4.69) is 0 Å². The smallest absolute Gasteiger partial charge is 0.0863 e. The van der Waals surface area contributed by atoms with Crippen molar-refractivity contribution in [1.29, 1.82) is 0 Å². The van der Waals surface area contributed by atoms with E-state index in [1.165, 1.54) is 19.3 Å². The lowest BCUT2D eigenvalue weighted by Gasteiger charge is -2.28. The molecule has 0 aromatic carbocycles. The Labute approximate surface area is 67.9 Å². The molecular formula is C9H16O2. The maximum atomic E-state index is 5.42. The minimum absolute atomic E-state index is 0.388. The van der Waals surface area contributed by atoms with Gasteiger partial charge in [-0.1, -0.05) is 0 Å². The van der Waals surface area contributed by atoms with Crippen molar-refractivity contribution in [2.24, 2.45) is 11.8 Å². The van der Waals surface area contributed by atoms with Gasteiger partial charge in [0.05, 0.1) is 12.2 Å². The predicted octanol–water partition coefficient (Wildman–Crippen LogP) is 1.45. The lowest BCUT2D eigenvalue weighted by atomic mass is 9.95. The van der Waals surface area contributed by atoms with Gasteiger partial charge in [-0.15, -0.1) is 0 Å². The van der Waals surface area contributed by atoms with Gasteiger partial charge in [-0.3, -0.25) is 0 Å². The fourth-order valence-electron chi connectivity index (χ4n) is 2.84. The van der Waals surface area contributed by atoms with E-state index >= 15 is 0 Å². The molecule has 4 unspecified atom stereocenters. The van der Waals surface area contributed by atoms with Crippen molar-refractivity contribution in [1.82, 2.24) is 0 Å². The number of hydrogen-bond donors (Lipinski definition) is 0. The molecule has 0 amide bonds. The van der Waals surface area contributed by atoms with Crippen LogP contribution in [0.3, 0.4) is 0 Å². The summed E-state index contributed by atoms with van der Waals surface area (Å²) >= 11 is 0. The van der Waals surface area contributed by atoms with Crippen molar-refractivity contribution in [3.63, 3.8) is 0 Å². The van der Waals surface area contributed by atoms with Crippen molar-refractivity contribution in [2.45, 2.75) is 31.5 Å². The van der Waals surface area contributed by atoms with Crippen molar-refractivity contribution in [3.8, 4) is 0 Å². The number of methoxy groups -OCH3 is 2. The Morgan fingerprint density at radius 2 is 1.36 bits per heavy atom. The van der Waals surface area contributed by atoms with Crippen LogP contribution in [-0.4, -0.2) is 26.4 Å². The summed E-state index contributed by atoms with van der Waals surface area (Å²) in [7, 11) is 3.61. The molecule has 64 valence electrons. The van der Waals surface area contributed by atoms with Gasteiger partial charge in [-0.25, -0.2) is 0 Å². The van der Waals surface area contributed by atoms with Crippen LogP contribution in [0.4, 0.5) is 0 Å². The molecule has 0 spiro atoms. The fourth-order valence-corrected chi connectivity index (χ4v) is 2.84. The zero-order valence-electron chi connectivity index (χ0n) is 7.25. The molecule has 0 N–H and O–H groups in total. The van der Waals surface area contributed by atoms with Gasteiger partial charge >= 0.3 is 0 Å². The van der Waals surface area contributed by atoms with Crippen LogP contribution in [0.2, 0.25) is 0 Å². The Bertz CT molecular complexity index is 130. The van der Waals surface area contributed by atoms with Gasteiger partial charge in [-0.2, -0.15) is 0 Å². The number of fused-ring (bicyclic) bond motifs is 2. The van der Waals surface area contributed by atoms with Crippen molar-refractivity contribution in [3.05, 3.63) is 0 Å². The Kier molecular flexibility index (Phi) is 1.90. The molecule has 0 saturated heterocycles. The third kappa shape index (κ3) is 1.00. The SMILES string of the molecule is COC1C2CCC(C2)C1OC. The first-order chi connectivity index (χ1) is 5.36. The van der Waals surface area contributed by atoms with Crippen molar-refractivity contribution in [2.75, 3.05) is 14.2 Å². The molecule has 0 heterocycles. The Hall–Kier alpha value is -0.0800. The summed E-state index contributed by atoms with van der Waals surface area (Å²) in [6.07, 6.45) is 4.81. The van der Waals surface area contributed by atoms with Gasteiger partial charge in [0, 0.05) is 14.2 Å². The molecule has 2 heteroatoms. The molecule has 0 aromatic heterocycles. The highest BCUT2D eigenvalue weighted by Gasteiger charge is 2.48. The first kappa shape index (κ1) is 7.56. The molecule has 0 radical (unpaired) electrons. The van der Waals surface area contributed by atoms with Crippen LogP contribution in [0.15, 0.2) is 0 Å². The van der Waals surface area contributed by atoms with E-state index in [-0.39, 0.29) is 0 Å². The first-order valence-corrected chi connectivity index (χ1v) is 4.42. The largest absolute Gasteiger partial charge is 0.378 e. The van der Waals surface area contributed by atoms with Crippen molar-refractivity contribution < 1.29 is 9.47 Å². The molecule has 11 heavy (non-hydrogen) atoms. The van der Waals surface area contributed by atoms with Gasteiger partial charge in [0.25, 0.3) is 0 Å². The molecule has 2 saturated carbocycles. The molecule has 2 rings (SSSR count). The highest BCUT2D eigenvalue weighted by Crippen LogP contribution is 2.46. The maximum absolute atomic E-state index is 5.42. The van der Waals surface area contributed by atoms with Crippen LogP contribution in [0.25, 0.3) is 0 Å². The molecule has 2 nitrogen and oxygen atoms in total. The van der Waals surface area contributed by atoms with E-state index in [1.54, 1.807) is 14.2 Å². The van der Waals surface area contributed by atoms with Crippen LogP contribution < -0.4 is 0 Å². The second-order valence-electron chi connectivity index (χ2n) is 3.73. The normalized spacial score (nSPS) is 48.5. The van der Waals surface area contributed by atoms with Crippen LogP contribution in [-0.2, 0) is 9.47 Å². The predicted molar refractivity (Wildman–Crippen MR) is 42.4 cm³/mol. The summed E-state index contributed by atoms with van der Waals surface area (Å²) in [5, 5.41) is 0. The van der Waals surface area contributed by atoms with E-state index in [0.29, 0.717) is 12.2 Å². The monoisotopic (exact) mass is 156 g/mol. The lowest BCUT2D eigenvalue weighted by molar-refractivity contribution is -0.0638. The molecule has 2 aliphatic rings. The summed E-state index contributed by atoms with van der Waals surface area (Å²) < 4.78 is 10.8. The number of hydrogen-bond acceptors (Lipinski definition) is 2. The minimum Gasteiger partial charge on any atom is -0.378 e. The third-order valence-corrected chi connectivity index (χ3v) is 3.31. The average molecular weight is 156 g/mol. The third-order valence-electron chi connectivity index (χ3n) is 3.31. The Morgan fingerprint density at radius 3 is 1.73 bits per heavy atom. The van der Waals surface area contributed by atoms with Gasteiger partial charge in [0.15, 0.2) is 0 Å². The average Bonchev–Trinajstić information content (AvgIpc) is 2.60. The molecule has 0 aliphatic heterocycles. The first-order valence-electron chi connectivity index (χ1n) is 4.42. The molecule has 2 aliphatic carbocycles. The summed E-state index contributed by atoms with van der Waals surface area (Å²) in [6.45, 7) is 0. The van der Waals surface area contributed by atoms with E-state index in [1.807, 2.05) is 0 Å². The van der Waals surface area contributed by atoms with Crippen molar-refractivity contribution >= 4 is 0 Å². The highest BCUT2D eigenvalue weighted by molar-refractivity contribution is 4.98. The number of ether oxygens (including phenoxy) is 2. The lowest BCUT2D eigenvalue weighted by Crippen LogP contribution is -2.35. The van der Waals surface area contributed by atoms with Gasteiger partial charge in [-0.05, 0) is 31.1 Å². The van der Waals surface area contributed by atoms with Crippen LogP contribution in [0.5, 0.6) is 0 Å². The summed E-state index contributed by atoms with van der Waals surface area (Å²) in [5.74, 6) is 1.57. The quantitative estimate of drug-likeness (QED) is 0.602. The van der Waals surface area contributed by atoms with Crippen LogP contribution in [0.1, 0.15) is 19.3 Å². The molecular weight excluding hydrogens is 140 g/mol. The molecule has 0 aromatic rings. The van der Waals surface area contributed by atoms with E-state index < -0.39 is 0 Å². The van der Waals surface area contributed by atoms with E-state index in [0.717, 1.165) is 11.8 Å². The Balaban J connectivity index is 2.08. The fraction of sp³-hybridized carbons (Fsp3) is 1.00.